The van der Waals surface area contributed by atoms with Crippen LogP contribution >= 0.6 is 0 Å². The Balaban J connectivity index is 1.93. The molecule has 1 atom stereocenters. The summed E-state index contributed by atoms with van der Waals surface area (Å²) in [6.45, 7) is 4.07. The minimum absolute atomic E-state index is 0.601. The Bertz CT molecular complexity index is 662. The van der Waals surface area contributed by atoms with Crippen LogP contribution in [0, 0.1) is 0 Å². The fourth-order valence-electron chi connectivity index (χ4n) is 2.36. The van der Waals surface area contributed by atoms with Crippen LogP contribution in [0.4, 0.5) is 11.4 Å². The Hall–Kier alpha value is -2.26. The van der Waals surface area contributed by atoms with Gasteiger partial charge in [0.1, 0.15) is 6.10 Å². The zero-order valence-corrected chi connectivity index (χ0v) is 11.6. The molecule has 1 aliphatic rings. The highest BCUT2D eigenvalue weighted by Gasteiger charge is 2.15. The lowest BCUT2D eigenvalue weighted by molar-refractivity contribution is 0.220. The van der Waals surface area contributed by atoms with Gasteiger partial charge >= 0.3 is 0 Å². The monoisotopic (exact) mass is 266 g/mol. The van der Waals surface area contributed by atoms with Crippen LogP contribution in [0.1, 0.15) is 31.1 Å². The molecule has 3 rings (SSSR count). The van der Waals surface area contributed by atoms with Gasteiger partial charge in [-0.05, 0) is 37.1 Å². The zero-order chi connectivity index (χ0) is 14.1. The van der Waals surface area contributed by atoms with Crippen LogP contribution in [0.25, 0.3) is 0 Å². The van der Waals surface area contributed by atoms with Crippen molar-refractivity contribution in [1.29, 1.82) is 0 Å². The number of fused-ring (bicyclic) bond motifs is 1. The lowest BCUT2D eigenvalue weighted by Gasteiger charge is -2.24. The third-order valence-electron chi connectivity index (χ3n) is 3.68. The van der Waals surface area contributed by atoms with Gasteiger partial charge in [-0.15, -0.1) is 0 Å². The summed E-state index contributed by atoms with van der Waals surface area (Å²) < 4.78 is 0. The molecule has 0 fully saturated rings. The molecular weight excluding hydrogens is 248 g/mol. The predicted molar refractivity (Wildman–Crippen MR) is 82.6 cm³/mol. The van der Waals surface area contributed by atoms with Gasteiger partial charge in [0.2, 0.25) is 0 Å². The summed E-state index contributed by atoms with van der Waals surface area (Å²) in [6.07, 6.45) is -0.601. The van der Waals surface area contributed by atoms with Gasteiger partial charge in [0.25, 0.3) is 0 Å². The molecule has 0 amide bonds. The Kier molecular flexibility index (Phi) is 3.20. The number of allylic oxidation sites excluding steroid dienone is 2. The molecule has 20 heavy (non-hydrogen) atoms. The Morgan fingerprint density at radius 3 is 2.15 bits per heavy atom. The first kappa shape index (κ1) is 12.8. The lowest BCUT2D eigenvalue weighted by atomic mass is 10.00. The van der Waals surface area contributed by atoms with Crippen molar-refractivity contribution in [2.45, 2.75) is 20.0 Å². The molecule has 1 aliphatic heterocycles. The minimum atomic E-state index is -0.601. The van der Waals surface area contributed by atoms with Crippen molar-refractivity contribution < 1.29 is 5.11 Å². The van der Waals surface area contributed by atoms with E-state index in [1.54, 1.807) is 0 Å². The quantitative estimate of drug-likeness (QED) is 0.773. The average molecular weight is 266 g/mol. The number of rotatable bonds is 2. The standard InChI is InChI=1S/C17H18N2O/c1-11-12(2)19-16-10-14(8-9-15(16)18-11)17(20)13-6-4-3-5-7-13/h3-10,17-20H,1-2H3. The van der Waals surface area contributed by atoms with E-state index in [-0.39, 0.29) is 0 Å². The molecule has 3 nitrogen and oxygen atoms in total. The van der Waals surface area contributed by atoms with Crippen LogP contribution < -0.4 is 10.6 Å². The zero-order valence-electron chi connectivity index (χ0n) is 11.6. The van der Waals surface area contributed by atoms with E-state index in [1.807, 2.05) is 62.4 Å². The number of hydrogen-bond donors (Lipinski definition) is 3. The highest BCUT2D eigenvalue weighted by molar-refractivity contribution is 5.76. The molecule has 0 bridgehead atoms. The molecular formula is C17H18N2O. The van der Waals surface area contributed by atoms with Gasteiger partial charge in [0.05, 0.1) is 11.4 Å². The average Bonchev–Trinajstić information content (AvgIpc) is 2.48. The van der Waals surface area contributed by atoms with Gasteiger partial charge < -0.3 is 15.7 Å². The van der Waals surface area contributed by atoms with Gasteiger partial charge in [-0.25, -0.2) is 0 Å². The largest absolute Gasteiger partial charge is 0.384 e. The number of aliphatic hydroxyl groups excluding tert-OH is 1. The molecule has 0 saturated heterocycles. The second kappa shape index (κ2) is 5.02. The summed E-state index contributed by atoms with van der Waals surface area (Å²) in [5, 5.41) is 17.2. The molecule has 102 valence electrons. The second-order valence-corrected chi connectivity index (χ2v) is 5.12. The maximum atomic E-state index is 10.5. The van der Waals surface area contributed by atoms with E-state index < -0.39 is 6.10 Å². The van der Waals surface area contributed by atoms with Crippen LogP contribution in [-0.4, -0.2) is 5.11 Å². The Morgan fingerprint density at radius 2 is 1.45 bits per heavy atom. The van der Waals surface area contributed by atoms with Crippen molar-refractivity contribution in [3.8, 4) is 0 Å². The second-order valence-electron chi connectivity index (χ2n) is 5.12. The van der Waals surface area contributed by atoms with E-state index in [9.17, 15) is 5.11 Å². The van der Waals surface area contributed by atoms with E-state index in [1.165, 1.54) is 0 Å². The van der Waals surface area contributed by atoms with Crippen LogP contribution in [0.5, 0.6) is 0 Å². The molecule has 1 heterocycles. The molecule has 0 saturated carbocycles. The summed E-state index contributed by atoms with van der Waals surface area (Å²) in [7, 11) is 0. The number of anilines is 2. The van der Waals surface area contributed by atoms with Gasteiger partial charge in [-0.3, -0.25) is 0 Å². The Labute approximate surface area is 119 Å². The maximum Gasteiger partial charge on any atom is 0.104 e. The maximum absolute atomic E-state index is 10.5. The van der Waals surface area contributed by atoms with E-state index in [4.69, 9.17) is 0 Å². The van der Waals surface area contributed by atoms with Crippen molar-refractivity contribution in [3.05, 3.63) is 71.1 Å². The summed E-state index contributed by atoms with van der Waals surface area (Å²) >= 11 is 0. The van der Waals surface area contributed by atoms with E-state index in [0.717, 1.165) is 33.9 Å². The number of hydrogen-bond acceptors (Lipinski definition) is 3. The van der Waals surface area contributed by atoms with Crippen LogP contribution in [0.2, 0.25) is 0 Å². The number of benzene rings is 2. The Morgan fingerprint density at radius 1 is 0.800 bits per heavy atom. The summed E-state index contributed by atoms with van der Waals surface area (Å²) in [4.78, 5) is 0. The molecule has 1 unspecified atom stereocenters. The molecule has 2 aromatic rings. The van der Waals surface area contributed by atoms with Crippen molar-refractivity contribution in [2.75, 3.05) is 10.6 Å². The van der Waals surface area contributed by atoms with Crippen LogP contribution in [0.15, 0.2) is 59.9 Å². The molecule has 3 heteroatoms. The summed E-state index contributed by atoms with van der Waals surface area (Å²) in [5.41, 5.74) is 6.05. The fraction of sp³-hybridized carbons (Fsp3) is 0.176. The topological polar surface area (TPSA) is 44.3 Å². The number of aliphatic hydroxyl groups is 1. The first-order valence-electron chi connectivity index (χ1n) is 6.73. The molecule has 3 N–H and O–H groups in total. The highest BCUT2D eigenvalue weighted by atomic mass is 16.3. The molecule has 2 aromatic carbocycles. The lowest BCUT2D eigenvalue weighted by Crippen LogP contribution is -2.13. The fourth-order valence-corrected chi connectivity index (χ4v) is 2.36. The van der Waals surface area contributed by atoms with Crippen LogP contribution in [0.3, 0.4) is 0 Å². The number of nitrogens with one attached hydrogen (secondary N) is 2. The van der Waals surface area contributed by atoms with Crippen molar-refractivity contribution in [2.24, 2.45) is 0 Å². The van der Waals surface area contributed by atoms with Crippen molar-refractivity contribution >= 4 is 11.4 Å². The molecule has 0 aliphatic carbocycles. The van der Waals surface area contributed by atoms with Gasteiger partial charge in [0, 0.05) is 11.4 Å². The predicted octanol–water partition coefficient (Wildman–Crippen LogP) is 3.86. The molecule has 0 radical (unpaired) electrons. The SMILES string of the molecule is CC1=C(C)Nc2cc(C(O)c3ccccc3)ccc2N1. The third kappa shape index (κ3) is 2.28. The first-order chi connectivity index (χ1) is 9.65. The first-order valence-corrected chi connectivity index (χ1v) is 6.73. The summed E-state index contributed by atoms with van der Waals surface area (Å²) in [5.74, 6) is 0. The van der Waals surface area contributed by atoms with E-state index in [2.05, 4.69) is 10.6 Å². The van der Waals surface area contributed by atoms with Crippen molar-refractivity contribution in [1.82, 2.24) is 0 Å². The smallest absolute Gasteiger partial charge is 0.104 e. The highest BCUT2D eigenvalue weighted by Crippen LogP contribution is 2.33. The molecule has 0 aromatic heterocycles. The normalized spacial score (nSPS) is 15.2. The summed E-state index contributed by atoms with van der Waals surface area (Å²) in [6, 6.07) is 15.6. The third-order valence-corrected chi connectivity index (χ3v) is 3.68. The van der Waals surface area contributed by atoms with Gasteiger partial charge in [-0.2, -0.15) is 0 Å². The van der Waals surface area contributed by atoms with Crippen molar-refractivity contribution in [3.63, 3.8) is 0 Å². The van der Waals surface area contributed by atoms with Gasteiger partial charge in [0.15, 0.2) is 0 Å². The van der Waals surface area contributed by atoms with Gasteiger partial charge in [-0.1, -0.05) is 36.4 Å². The molecule has 0 spiro atoms. The minimum Gasteiger partial charge on any atom is -0.384 e. The van der Waals surface area contributed by atoms with Crippen LogP contribution in [-0.2, 0) is 0 Å². The van der Waals surface area contributed by atoms with E-state index >= 15 is 0 Å². The van der Waals surface area contributed by atoms with E-state index in [0.29, 0.717) is 0 Å².